The zero-order chi connectivity index (χ0) is 20.9. The van der Waals surface area contributed by atoms with Gasteiger partial charge in [-0.2, -0.15) is 5.10 Å². The number of aliphatic hydroxyl groups is 1. The van der Waals surface area contributed by atoms with Crippen molar-refractivity contribution in [1.29, 1.82) is 0 Å². The van der Waals surface area contributed by atoms with Crippen LogP contribution in [0.2, 0.25) is 10.0 Å². The average Bonchev–Trinajstić information content (AvgIpc) is 2.88. The third-order valence-electron chi connectivity index (χ3n) is 3.79. The second-order valence-electron chi connectivity index (χ2n) is 7.35. The Morgan fingerprint density at radius 1 is 1.21 bits per heavy atom. The van der Waals surface area contributed by atoms with Gasteiger partial charge in [0, 0.05) is 23.0 Å². The molecule has 0 atom stereocenters. The minimum absolute atomic E-state index is 0.247. The molecule has 0 saturated heterocycles. The largest absolute Gasteiger partial charge is 0.460 e. The number of esters is 1. The summed E-state index contributed by atoms with van der Waals surface area (Å²) in [5, 5.41) is 15.3. The predicted octanol–water partition coefficient (Wildman–Crippen LogP) is 5.16. The number of benzene rings is 1. The molecule has 1 N–H and O–H groups in total. The van der Waals surface area contributed by atoms with E-state index in [1.807, 2.05) is 27.7 Å². The lowest BCUT2D eigenvalue weighted by Crippen LogP contribution is -2.24. The van der Waals surface area contributed by atoms with Crippen molar-refractivity contribution in [3.8, 4) is 11.5 Å². The maximum atomic E-state index is 11.9. The third kappa shape index (κ3) is 6.40. The van der Waals surface area contributed by atoms with Crippen molar-refractivity contribution in [2.45, 2.75) is 65.7 Å². The Morgan fingerprint density at radius 2 is 1.86 bits per heavy atom. The van der Waals surface area contributed by atoms with Gasteiger partial charge in [0.15, 0.2) is 5.75 Å². The van der Waals surface area contributed by atoms with Crippen LogP contribution in [-0.2, 0) is 29.1 Å². The van der Waals surface area contributed by atoms with E-state index in [-0.39, 0.29) is 19.0 Å². The molecule has 1 heterocycles. The minimum Gasteiger partial charge on any atom is -0.460 e. The molecule has 0 bridgehead atoms. The van der Waals surface area contributed by atoms with Gasteiger partial charge in [-0.25, -0.2) is 0 Å². The standard InChI is InChI=1S/C20H26Cl2N2O4/c1-5-16-19(27-15-10-13(21)9-14(22)11-15)17(12-25)24(23-16)8-6-7-18(26)28-20(2,3)4/h9-11,25H,5-8,12H2,1-4H3. The van der Waals surface area contributed by atoms with E-state index in [1.165, 1.54) is 0 Å². The van der Waals surface area contributed by atoms with Gasteiger partial charge in [0.25, 0.3) is 0 Å². The van der Waals surface area contributed by atoms with E-state index in [4.69, 9.17) is 32.7 Å². The van der Waals surface area contributed by atoms with Gasteiger partial charge in [0.1, 0.15) is 22.7 Å². The molecule has 0 fully saturated rings. The van der Waals surface area contributed by atoms with Crippen molar-refractivity contribution in [2.24, 2.45) is 0 Å². The van der Waals surface area contributed by atoms with E-state index >= 15 is 0 Å². The van der Waals surface area contributed by atoms with E-state index in [9.17, 15) is 9.90 Å². The first-order valence-electron chi connectivity index (χ1n) is 9.18. The van der Waals surface area contributed by atoms with E-state index in [2.05, 4.69) is 5.10 Å². The molecule has 0 aliphatic carbocycles. The lowest BCUT2D eigenvalue weighted by molar-refractivity contribution is -0.154. The number of carbonyl (C=O) groups excluding carboxylic acids is 1. The quantitative estimate of drug-likeness (QED) is 0.587. The molecule has 154 valence electrons. The van der Waals surface area contributed by atoms with E-state index in [0.29, 0.717) is 52.3 Å². The van der Waals surface area contributed by atoms with Gasteiger partial charge in [0.2, 0.25) is 0 Å². The second-order valence-corrected chi connectivity index (χ2v) is 8.23. The van der Waals surface area contributed by atoms with Crippen LogP contribution in [0, 0.1) is 0 Å². The molecule has 0 unspecified atom stereocenters. The van der Waals surface area contributed by atoms with Crippen molar-refractivity contribution in [3.05, 3.63) is 39.6 Å². The Balaban J connectivity index is 2.15. The van der Waals surface area contributed by atoms with Gasteiger partial charge in [0.05, 0.1) is 6.61 Å². The molecule has 0 radical (unpaired) electrons. The normalized spacial score (nSPS) is 11.5. The highest BCUT2D eigenvalue weighted by Crippen LogP contribution is 2.33. The Labute approximate surface area is 175 Å². The number of aryl methyl sites for hydroxylation is 2. The van der Waals surface area contributed by atoms with Crippen molar-refractivity contribution < 1.29 is 19.4 Å². The molecule has 0 spiro atoms. The summed E-state index contributed by atoms with van der Waals surface area (Å²) < 4.78 is 12.9. The lowest BCUT2D eigenvalue weighted by Gasteiger charge is -2.19. The first-order valence-corrected chi connectivity index (χ1v) is 9.93. The van der Waals surface area contributed by atoms with Crippen LogP contribution < -0.4 is 4.74 Å². The highest BCUT2D eigenvalue weighted by molar-refractivity contribution is 6.34. The van der Waals surface area contributed by atoms with Gasteiger partial charge >= 0.3 is 5.97 Å². The molecule has 1 aromatic heterocycles. The second kappa shape index (κ2) is 9.63. The number of hydrogen-bond acceptors (Lipinski definition) is 5. The molecular formula is C20H26Cl2N2O4. The molecular weight excluding hydrogens is 403 g/mol. The smallest absolute Gasteiger partial charge is 0.306 e. The molecule has 0 aliphatic rings. The number of aliphatic hydroxyl groups excluding tert-OH is 1. The van der Waals surface area contributed by atoms with Crippen LogP contribution in [0.1, 0.15) is 51.9 Å². The summed E-state index contributed by atoms with van der Waals surface area (Å²) in [6.45, 7) is 7.67. The number of halogens is 2. The molecule has 2 rings (SSSR count). The molecule has 8 heteroatoms. The van der Waals surface area contributed by atoms with Crippen molar-refractivity contribution in [1.82, 2.24) is 9.78 Å². The molecule has 0 amide bonds. The van der Waals surface area contributed by atoms with Crippen LogP contribution in [0.3, 0.4) is 0 Å². The fourth-order valence-electron chi connectivity index (χ4n) is 2.69. The summed E-state index contributed by atoms with van der Waals surface area (Å²) in [6.07, 6.45) is 1.43. The number of aromatic nitrogens is 2. The van der Waals surface area contributed by atoms with Crippen molar-refractivity contribution >= 4 is 29.2 Å². The first kappa shape index (κ1) is 22.5. The van der Waals surface area contributed by atoms with E-state index < -0.39 is 5.60 Å². The topological polar surface area (TPSA) is 73.6 Å². The van der Waals surface area contributed by atoms with Crippen molar-refractivity contribution in [3.63, 3.8) is 0 Å². The zero-order valence-electron chi connectivity index (χ0n) is 16.6. The van der Waals surface area contributed by atoms with Crippen molar-refractivity contribution in [2.75, 3.05) is 0 Å². The highest BCUT2D eigenvalue weighted by Gasteiger charge is 2.20. The fraction of sp³-hybridized carbons (Fsp3) is 0.500. The Hall–Kier alpha value is -1.76. The number of carbonyl (C=O) groups is 1. The van der Waals surface area contributed by atoms with Gasteiger partial charge < -0.3 is 14.6 Å². The van der Waals surface area contributed by atoms with Crippen LogP contribution in [0.15, 0.2) is 18.2 Å². The van der Waals surface area contributed by atoms with Crippen LogP contribution in [-0.4, -0.2) is 26.5 Å². The van der Waals surface area contributed by atoms with Gasteiger partial charge in [-0.05, 0) is 51.8 Å². The van der Waals surface area contributed by atoms with Gasteiger partial charge in [-0.3, -0.25) is 9.48 Å². The summed E-state index contributed by atoms with van der Waals surface area (Å²) >= 11 is 12.1. The van der Waals surface area contributed by atoms with Gasteiger partial charge in [-0.15, -0.1) is 0 Å². The number of hydrogen-bond donors (Lipinski definition) is 1. The zero-order valence-corrected chi connectivity index (χ0v) is 18.1. The summed E-state index contributed by atoms with van der Waals surface area (Å²) in [6, 6.07) is 4.91. The molecule has 28 heavy (non-hydrogen) atoms. The number of rotatable bonds is 8. The maximum absolute atomic E-state index is 11.9. The first-order chi connectivity index (χ1) is 13.1. The Morgan fingerprint density at radius 3 is 2.39 bits per heavy atom. The summed E-state index contributed by atoms with van der Waals surface area (Å²) in [4.78, 5) is 11.9. The van der Waals surface area contributed by atoms with E-state index in [0.717, 1.165) is 0 Å². The van der Waals surface area contributed by atoms with Crippen LogP contribution in [0.5, 0.6) is 11.5 Å². The van der Waals surface area contributed by atoms with Gasteiger partial charge in [-0.1, -0.05) is 30.1 Å². The average molecular weight is 429 g/mol. The summed E-state index contributed by atoms with van der Waals surface area (Å²) in [5.74, 6) is 0.696. The molecule has 0 saturated carbocycles. The predicted molar refractivity (Wildman–Crippen MR) is 109 cm³/mol. The Kier molecular flexibility index (Phi) is 7.75. The molecule has 6 nitrogen and oxygen atoms in total. The van der Waals surface area contributed by atoms with Crippen LogP contribution in [0.4, 0.5) is 0 Å². The number of ether oxygens (including phenoxy) is 2. The molecule has 1 aromatic carbocycles. The van der Waals surface area contributed by atoms with E-state index in [1.54, 1.807) is 22.9 Å². The molecule has 2 aromatic rings. The SMILES string of the molecule is CCc1nn(CCCC(=O)OC(C)(C)C)c(CO)c1Oc1cc(Cl)cc(Cl)c1. The monoisotopic (exact) mass is 428 g/mol. The summed E-state index contributed by atoms with van der Waals surface area (Å²) in [5.41, 5.74) is 0.739. The molecule has 0 aliphatic heterocycles. The Bertz CT molecular complexity index is 808. The van der Waals surface area contributed by atoms with Crippen LogP contribution >= 0.6 is 23.2 Å². The maximum Gasteiger partial charge on any atom is 0.306 e. The highest BCUT2D eigenvalue weighted by atomic mass is 35.5. The van der Waals surface area contributed by atoms with Crippen LogP contribution in [0.25, 0.3) is 0 Å². The summed E-state index contributed by atoms with van der Waals surface area (Å²) in [7, 11) is 0. The fourth-order valence-corrected chi connectivity index (χ4v) is 3.20. The number of nitrogens with zero attached hydrogens (tertiary/aromatic N) is 2. The minimum atomic E-state index is -0.506. The third-order valence-corrected chi connectivity index (χ3v) is 4.23. The lowest BCUT2D eigenvalue weighted by atomic mass is 10.2.